The van der Waals surface area contributed by atoms with Crippen molar-refractivity contribution in [2.45, 2.75) is 6.92 Å². The summed E-state index contributed by atoms with van der Waals surface area (Å²) in [7, 11) is 1.73. The molecule has 11 heavy (non-hydrogen) atoms. The highest BCUT2D eigenvalue weighted by atomic mass is 14.9. The normalized spacial score (nSPS) is 12.1. The monoisotopic (exact) mass is 153 g/mol. The van der Waals surface area contributed by atoms with Crippen molar-refractivity contribution >= 4 is 6.21 Å². The molecule has 0 radical (unpaired) electrons. The molecule has 0 aromatic rings. The highest BCUT2D eigenvalue weighted by Crippen LogP contribution is 1.86. The number of nitrogens with one attached hydrogen (secondary N) is 1. The van der Waals surface area contributed by atoms with Crippen LogP contribution in [-0.2, 0) is 0 Å². The molecular formula is C8H15N3. The predicted molar refractivity (Wildman–Crippen MR) is 49.5 cm³/mol. The lowest BCUT2D eigenvalue weighted by Crippen LogP contribution is -2.14. The Bertz CT molecular complexity index is 180. The topological polar surface area (TPSA) is 50.4 Å². The second kappa shape index (κ2) is 5.68. The molecule has 3 heteroatoms. The maximum Gasteiger partial charge on any atom is 0.0326 e. The summed E-state index contributed by atoms with van der Waals surface area (Å²) in [6, 6.07) is 0. The van der Waals surface area contributed by atoms with Gasteiger partial charge in [0, 0.05) is 31.7 Å². The number of nitrogens with zero attached hydrogens (tertiary/aromatic N) is 1. The Kier molecular flexibility index (Phi) is 5.11. The minimum absolute atomic E-state index is 0.451. The molecule has 0 amide bonds. The average Bonchev–Trinajstić information content (AvgIpc) is 2.01. The van der Waals surface area contributed by atoms with Gasteiger partial charge in [0.1, 0.15) is 0 Å². The Balaban J connectivity index is 3.82. The second-order valence-corrected chi connectivity index (χ2v) is 2.23. The first-order valence-electron chi connectivity index (χ1n) is 3.44. The summed E-state index contributed by atoms with van der Waals surface area (Å²) in [6.07, 6.45) is 3.58. The molecule has 0 aliphatic heterocycles. The van der Waals surface area contributed by atoms with E-state index < -0.39 is 0 Å². The Hall–Kier alpha value is -1.09. The molecule has 0 spiro atoms. The van der Waals surface area contributed by atoms with Crippen LogP contribution < -0.4 is 11.1 Å². The third kappa shape index (κ3) is 5.36. The van der Waals surface area contributed by atoms with Crippen LogP contribution in [0.2, 0.25) is 0 Å². The van der Waals surface area contributed by atoms with Crippen LogP contribution in [0.25, 0.3) is 0 Å². The first-order chi connectivity index (χ1) is 5.20. The van der Waals surface area contributed by atoms with Gasteiger partial charge in [0.05, 0.1) is 0 Å². The van der Waals surface area contributed by atoms with Gasteiger partial charge >= 0.3 is 0 Å². The molecule has 0 aliphatic carbocycles. The average molecular weight is 153 g/mol. The molecule has 0 saturated carbocycles. The Morgan fingerprint density at radius 1 is 1.73 bits per heavy atom. The molecule has 3 nitrogen and oxygen atoms in total. The molecule has 0 bridgehead atoms. The molecule has 0 saturated heterocycles. The smallest absolute Gasteiger partial charge is 0.0326 e. The molecule has 0 unspecified atom stereocenters. The fraction of sp³-hybridized carbons (Fsp3) is 0.375. The molecule has 0 aliphatic rings. The van der Waals surface area contributed by atoms with Crippen molar-refractivity contribution in [3.63, 3.8) is 0 Å². The maximum absolute atomic E-state index is 5.31. The summed E-state index contributed by atoms with van der Waals surface area (Å²) < 4.78 is 0. The Labute approximate surface area is 67.7 Å². The molecule has 0 atom stereocenters. The van der Waals surface area contributed by atoms with Gasteiger partial charge in [-0.15, -0.1) is 0 Å². The van der Waals surface area contributed by atoms with E-state index in [1.807, 2.05) is 13.1 Å². The summed E-state index contributed by atoms with van der Waals surface area (Å²) in [6.45, 7) is 6.08. The van der Waals surface area contributed by atoms with Crippen LogP contribution in [0.3, 0.4) is 0 Å². The van der Waals surface area contributed by atoms with Crippen LogP contribution in [0.4, 0.5) is 0 Å². The van der Waals surface area contributed by atoms with Crippen molar-refractivity contribution < 1.29 is 0 Å². The van der Waals surface area contributed by atoms with E-state index in [9.17, 15) is 0 Å². The van der Waals surface area contributed by atoms with E-state index in [0.29, 0.717) is 6.54 Å². The van der Waals surface area contributed by atoms with Gasteiger partial charge in [-0.1, -0.05) is 6.58 Å². The van der Waals surface area contributed by atoms with E-state index in [1.54, 1.807) is 13.3 Å². The SMILES string of the molecule is C=C(CN)N/C=C(/C)C=NC. The second-order valence-electron chi connectivity index (χ2n) is 2.23. The van der Waals surface area contributed by atoms with Gasteiger partial charge in [-0.2, -0.15) is 0 Å². The van der Waals surface area contributed by atoms with Crippen molar-refractivity contribution in [3.8, 4) is 0 Å². The fourth-order valence-electron chi connectivity index (χ4n) is 0.516. The van der Waals surface area contributed by atoms with Crippen LogP contribution >= 0.6 is 0 Å². The minimum Gasteiger partial charge on any atom is -0.364 e. The van der Waals surface area contributed by atoms with Crippen LogP contribution in [0.5, 0.6) is 0 Å². The van der Waals surface area contributed by atoms with Gasteiger partial charge in [-0.05, 0) is 12.5 Å². The third-order valence-corrected chi connectivity index (χ3v) is 1.08. The highest BCUT2D eigenvalue weighted by molar-refractivity contribution is 5.77. The van der Waals surface area contributed by atoms with E-state index in [0.717, 1.165) is 11.3 Å². The van der Waals surface area contributed by atoms with Crippen molar-refractivity contribution in [3.05, 3.63) is 24.0 Å². The minimum atomic E-state index is 0.451. The summed E-state index contributed by atoms with van der Waals surface area (Å²) >= 11 is 0. The summed E-state index contributed by atoms with van der Waals surface area (Å²) in [5.74, 6) is 0. The zero-order valence-electron chi connectivity index (χ0n) is 7.09. The standard InChI is InChI=1S/C8H15N3/c1-7(5-10-3)6-11-8(2)4-9/h5-6,11H,2,4,9H2,1,3H3/b7-6-,10-5?. The van der Waals surface area contributed by atoms with E-state index in [1.165, 1.54) is 0 Å². The summed E-state index contributed by atoms with van der Waals surface area (Å²) in [5, 5.41) is 2.94. The lowest BCUT2D eigenvalue weighted by atomic mass is 10.3. The van der Waals surface area contributed by atoms with Crippen molar-refractivity contribution in [2.75, 3.05) is 13.6 Å². The first kappa shape index (κ1) is 9.91. The predicted octanol–water partition coefficient (Wildman–Crippen LogP) is 0.653. The van der Waals surface area contributed by atoms with E-state index in [-0.39, 0.29) is 0 Å². The Morgan fingerprint density at radius 2 is 2.36 bits per heavy atom. The number of allylic oxidation sites excluding steroid dienone is 1. The quantitative estimate of drug-likeness (QED) is 0.583. The molecule has 62 valence electrons. The number of hydrogen-bond donors (Lipinski definition) is 2. The van der Waals surface area contributed by atoms with Crippen LogP contribution in [0.1, 0.15) is 6.92 Å². The fourth-order valence-corrected chi connectivity index (χ4v) is 0.516. The highest BCUT2D eigenvalue weighted by Gasteiger charge is 1.84. The third-order valence-electron chi connectivity index (χ3n) is 1.08. The molecule has 0 fully saturated rings. The van der Waals surface area contributed by atoms with Gasteiger partial charge in [0.15, 0.2) is 0 Å². The van der Waals surface area contributed by atoms with Crippen molar-refractivity contribution in [1.29, 1.82) is 0 Å². The van der Waals surface area contributed by atoms with Gasteiger partial charge in [0.2, 0.25) is 0 Å². The number of rotatable bonds is 4. The van der Waals surface area contributed by atoms with Gasteiger partial charge in [-0.3, -0.25) is 4.99 Å². The van der Waals surface area contributed by atoms with E-state index in [2.05, 4.69) is 16.9 Å². The zero-order valence-corrected chi connectivity index (χ0v) is 7.09. The van der Waals surface area contributed by atoms with Crippen LogP contribution in [0, 0.1) is 0 Å². The maximum atomic E-state index is 5.31. The summed E-state index contributed by atoms with van der Waals surface area (Å²) in [4.78, 5) is 3.85. The number of hydrogen-bond acceptors (Lipinski definition) is 3. The van der Waals surface area contributed by atoms with E-state index >= 15 is 0 Å². The molecule has 0 aromatic carbocycles. The summed E-state index contributed by atoms with van der Waals surface area (Å²) in [5.41, 5.74) is 7.15. The van der Waals surface area contributed by atoms with Crippen molar-refractivity contribution in [1.82, 2.24) is 5.32 Å². The first-order valence-corrected chi connectivity index (χ1v) is 3.44. The molecule has 3 N–H and O–H groups in total. The van der Waals surface area contributed by atoms with Crippen LogP contribution in [-0.4, -0.2) is 19.8 Å². The molecule has 0 heterocycles. The zero-order chi connectivity index (χ0) is 8.69. The molecular weight excluding hydrogens is 138 g/mol. The van der Waals surface area contributed by atoms with E-state index in [4.69, 9.17) is 5.73 Å². The number of aliphatic imine (C=N–C) groups is 1. The van der Waals surface area contributed by atoms with Gasteiger partial charge in [-0.25, -0.2) is 0 Å². The largest absolute Gasteiger partial charge is 0.364 e. The number of nitrogens with two attached hydrogens (primary N) is 1. The van der Waals surface area contributed by atoms with Crippen LogP contribution in [0.15, 0.2) is 29.0 Å². The lowest BCUT2D eigenvalue weighted by Gasteiger charge is -2.00. The lowest BCUT2D eigenvalue weighted by molar-refractivity contribution is 0.977. The van der Waals surface area contributed by atoms with Gasteiger partial charge in [0.25, 0.3) is 0 Å². The Morgan fingerprint density at radius 3 is 2.82 bits per heavy atom. The molecule has 0 rings (SSSR count). The molecule has 0 aromatic heterocycles. The van der Waals surface area contributed by atoms with Gasteiger partial charge < -0.3 is 11.1 Å². The van der Waals surface area contributed by atoms with Crippen molar-refractivity contribution in [2.24, 2.45) is 10.7 Å².